The molecular formula is C6H6O3S2. The van der Waals surface area contributed by atoms with Crippen molar-refractivity contribution in [2.24, 2.45) is 0 Å². The highest BCUT2D eigenvalue weighted by Gasteiger charge is 2.14. The Morgan fingerprint density at radius 3 is 2.64 bits per heavy atom. The van der Waals surface area contributed by atoms with E-state index in [0.717, 1.165) is 11.3 Å². The fraction of sp³-hybridized carbons (Fsp3) is 0. The zero-order valence-corrected chi connectivity index (χ0v) is 7.15. The summed E-state index contributed by atoms with van der Waals surface area (Å²) in [5.74, 6) is 0. The van der Waals surface area contributed by atoms with Gasteiger partial charge in [0, 0.05) is 5.56 Å². The monoisotopic (exact) mass is 190 g/mol. The first-order valence-electron chi connectivity index (χ1n) is 2.73. The Hall–Kier alpha value is -0.650. The summed E-state index contributed by atoms with van der Waals surface area (Å²) in [4.78, 5) is 0. The van der Waals surface area contributed by atoms with Gasteiger partial charge in [-0.1, -0.05) is 12.7 Å². The van der Waals surface area contributed by atoms with Gasteiger partial charge in [-0.05, 0) is 11.4 Å². The molecule has 3 nitrogen and oxygen atoms in total. The average Bonchev–Trinajstić information content (AvgIpc) is 2.31. The van der Waals surface area contributed by atoms with Crippen LogP contribution in [0, 0.1) is 0 Å². The Morgan fingerprint density at radius 1 is 1.64 bits per heavy atom. The minimum atomic E-state index is -4.05. The molecule has 0 fully saturated rings. The zero-order valence-electron chi connectivity index (χ0n) is 5.52. The van der Waals surface area contributed by atoms with Crippen LogP contribution < -0.4 is 0 Å². The first kappa shape index (κ1) is 8.45. The minimum absolute atomic E-state index is 0.0486. The van der Waals surface area contributed by atoms with Crippen molar-refractivity contribution in [3.63, 3.8) is 0 Å². The third kappa shape index (κ3) is 1.68. The van der Waals surface area contributed by atoms with E-state index in [2.05, 4.69) is 6.58 Å². The second-order valence-corrected chi connectivity index (χ2v) is 4.38. The Balaban J connectivity index is 3.35. The summed E-state index contributed by atoms with van der Waals surface area (Å²) in [5, 5.41) is 1.58. The van der Waals surface area contributed by atoms with Crippen molar-refractivity contribution in [3.05, 3.63) is 23.6 Å². The van der Waals surface area contributed by atoms with Crippen molar-refractivity contribution in [3.8, 4) is 0 Å². The smallest absolute Gasteiger partial charge is 0.281 e. The molecule has 1 N–H and O–H groups in total. The maximum Gasteiger partial charge on any atom is 0.304 e. The third-order valence-electron chi connectivity index (χ3n) is 1.11. The van der Waals surface area contributed by atoms with Crippen molar-refractivity contribution in [2.75, 3.05) is 0 Å². The van der Waals surface area contributed by atoms with E-state index in [1.807, 2.05) is 0 Å². The van der Waals surface area contributed by atoms with Crippen LogP contribution in [0.5, 0.6) is 0 Å². The van der Waals surface area contributed by atoms with Crippen LogP contribution in [0.25, 0.3) is 6.08 Å². The summed E-state index contributed by atoms with van der Waals surface area (Å²) in [6, 6.07) is 1.58. The molecule has 0 bridgehead atoms. The van der Waals surface area contributed by atoms with Gasteiger partial charge in [0.1, 0.15) is 0 Å². The van der Waals surface area contributed by atoms with Gasteiger partial charge < -0.3 is 0 Å². The lowest BCUT2D eigenvalue weighted by molar-refractivity contribution is 0.485. The summed E-state index contributed by atoms with van der Waals surface area (Å²) in [5.41, 5.74) is 0.442. The predicted molar refractivity (Wildman–Crippen MR) is 44.2 cm³/mol. The van der Waals surface area contributed by atoms with Crippen LogP contribution in [-0.4, -0.2) is 13.0 Å². The van der Waals surface area contributed by atoms with E-state index in [9.17, 15) is 8.42 Å². The molecule has 0 aliphatic carbocycles. The molecule has 0 saturated heterocycles. The van der Waals surface area contributed by atoms with Gasteiger partial charge in [-0.15, -0.1) is 11.3 Å². The number of hydrogen-bond acceptors (Lipinski definition) is 3. The van der Waals surface area contributed by atoms with Crippen LogP contribution in [0.3, 0.4) is 0 Å². The van der Waals surface area contributed by atoms with Gasteiger partial charge in [-0.25, -0.2) is 0 Å². The molecule has 1 heterocycles. The van der Waals surface area contributed by atoms with E-state index < -0.39 is 10.1 Å². The highest BCUT2D eigenvalue weighted by molar-refractivity contribution is 7.88. The predicted octanol–water partition coefficient (Wildman–Crippen LogP) is 1.64. The lowest BCUT2D eigenvalue weighted by Gasteiger charge is -1.91. The SMILES string of the molecule is C=Cc1ccsc1S(=O)(=O)O. The summed E-state index contributed by atoms with van der Waals surface area (Å²) in [7, 11) is -4.05. The molecule has 0 radical (unpaired) electrons. The molecule has 0 atom stereocenters. The summed E-state index contributed by atoms with van der Waals surface area (Å²) < 4.78 is 29.8. The second kappa shape index (κ2) is 2.77. The van der Waals surface area contributed by atoms with Crippen molar-refractivity contribution in [2.45, 2.75) is 4.21 Å². The topological polar surface area (TPSA) is 54.4 Å². The first-order valence-corrected chi connectivity index (χ1v) is 5.05. The Bertz CT molecular complexity index is 361. The van der Waals surface area contributed by atoms with Crippen LogP contribution in [0.4, 0.5) is 0 Å². The van der Waals surface area contributed by atoms with E-state index in [-0.39, 0.29) is 4.21 Å². The minimum Gasteiger partial charge on any atom is -0.281 e. The van der Waals surface area contributed by atoms with Crippen LogP contribution in [0.2, 0.25) is 0 Å². The van der Waals surface area contributed by atoms with Gasteiger partial charge in [0.05, 0.1) is 0 Å². The highest BCUT2D eigenvalue weighted by atomic mass is 32.3. The molecule has 11 heavy (non-hydrogen) atoms. The molecule has 0 spiro atoms. The summed E-state index contributed by atoms with van der Waals surface area (Å²) >= 11 is 0.972. The van der Waals surface area contributed by atoms with Crippen molar-refractivity contribution in [1.29, 1.82) is 0 Å². The molecule has 0 aromatic carbocycles. The highest BCUT2D eigenvalue weighted by Crippen LogP contribution is 2.22. The van der Waals surface area contributed by atoms with E-state index >= 15 is 0 Å². The van der Waals surface area contributed by atoms with Crippen molar-refractivity contribution in [1.82, 2.24) is 0 Å². The van der Waals surface area contributed by atoms with Gasteiger partial charge in [0.2, 0.25) is 0 Å². The van der Waals surface area contributed by atoms with E-state index in [4.69, 9.17) is 4.55 Å². The van der Waals surface area contributed by atoms with E-state index in [1.54, 1.807) is 11.4 Å². The molecule has 60 valence electrons. The van der Waals surface area contributed by atoms with Crippen LogP contribution in [-0.2, 0) is 10.1 Å². The molecular weight excluding hydrogens is 184 g/mol. The molecule has 1 rings (SSSR count). The Morgan fingerprint density at radius 2 is 2.27 bits per heavy atom. The van der Waals surface area contributed by atoms with Crippen molar-refractivity contribution < 1.29 is 13.0 Å². The fourth-order valence-corrected chi connectivity index (χ4v) is 2.39. The Kier molecular flexibility index (Phi) is 2.12. The number of rotatable bonds is 2. The van der Waals surface area contributed by atoms with Crippen LogP contribution >= 0.6 is 11.3 Å². The zero-order chi connectivity index (χ0) is 8.48. The summed E-state index contributed by atoms with van der Waals surface area (Å²) in [6.07, 6.45) is 1.39. The quantitative estimate of drug-likeness (QED) is 0.721. The molecule has 1 aromatic rings. The molecule has 0 aliphatic heterocycles. The number of hydrogen-bond donors (Lipinski definition) is 1. The standard InChI is InChI=1S/C6H6O3S2/c1-2-5-3-4-10-6(5)11(7,8)9/h2-4H,1H2,(H,7,8,9). The van der Waals surface area contributed by atoms with Gasteiger partial charge in [-0.2, -0.15) is 8.42 Å². The van der Waals surface area contributed by atoms with Crippen molar-refractivity contribution >= 4 is 27.5 Å². The first-order chi connectivity index (χ1) is 5.05. The van der Waals surface area contributed by atoms with Crippen LogP contribution in [0.1, 0.15) is 5.56 Å². The maximum atomic E-state index is 10.6. The van der Waals surface area contributed by atoms with Gasteiger partial charge in [0.25, 0.3) is 0 Å². The number of thiophene rings is 1. The lowest BCUT2D eigenvalue weighted by atomic mass is 10.3. The van der Waals surface area contributed by atoms with E-state index in [0.29, 0.717) is 5.56 Å². The van der Waals surface area contributed by atoms with Gasteiger partial charge in [0.15, 0.2) is 4.21 Å². The average molecular weight is 190 g/mol. The van der Waals surface area contributed by atoms with Crippen LogP contribution in [0.15, 0.2) is 22.2 Å². The molecule has 5 heteroatoms. The molecule has 0 aliphatic rings. The molecule has 0 unspecified atom stereocenters. The molecule has 0 amide bonds. The van der Waals surface area contributed by atoms with Gasteiger partial charge in [-0.3, -0.25) is 4.55 Å². The molecule has 1 aromatic heterocycles. The summed E-state index contributed by atoms with van der Waals surface area (Å²) in [6.45, 7) is 3.41. The third-order valence-corrected chi connectivity index (χ3v) is 3.46. The lowest BCUT2D eigenvalue weighted by Crippen LogP contribution is -1.95. The van der Waals surface area contributed by atoms with Gasteiger partial charge >= 0.3 is 10.1 Å². The fourth-order valence-electron chi connectivity index (χ4n) is 0.666. The molecule has 0 saturated carbocycles. The largest absolute Gasteiger partial charge is 0.304 e. The maximum absolute atomic E-state index is 10.6. The normalized spacial score (nSPS) is 11.4. The van der Waals surface area contributed by atoms with E-state index in [1.165, 1.54) is 6.08 Å². The Labute approximate surface area is 68.7 Å². The second-order valence-electron chi connectivity index (χ2n) is 1.84.